The molecule has 1 saturated heterocycles. The average molecular weight is 140 g/mol. The van der Waals surface area contributed by atoms with E-state index < -0.39 is 0 Å². The third-order valence-corrected chi connectivity index (χ3v) is 1.68. The Balaban J connectivity index is 2.33. The predicted octanol–water partition coefficient (Wildman–Crippen LogP) is 1.22. The van der Waals surface area contributed by atoms with Gasteiger partial charge in [0.1, 0.15) is 0 Å². The van der Waals surface area contributed by atoms with Crippen molar-refractivity contribution >= 4 is 5.91 Å². The zero-order valence-electron chi connectivity index (χ0n) is 6.68. The van der Waals surface area contributed by atoms with Gasteiger partial charge in [-0.3, -0.25) is 4.79 Å². The maximum absolute atomic E-state index is 11.0. The molecule has 0 N–H and O–H groups in total. The largest absolute Gasteiger partial charge is 0.342 e. The molecule has 1 fully saturated rings. The fourth-order valence-electron chi connectivity index (χ4n) is 1.25. The SMILES string of the molecule is C[C](C)CN1CCCC1=O. The molecule has 2 nitrogen and oxygen atoms in total. The normalized spacial score (nSPS) is 19.1. The van der Waals surface area contributed by atoms with Crippen molar-refractivity contribution in [2.75, 3.05) is 13.1 Å². The lowest BCUT2D eigenvalue weighted by Crippen LogP contribution is -2.27. The molecule has 1 rings (SSSR count). The van der Waals surface area contributed by atoms with Gasteiger partial charge in [0.05, 0.1) is 0 Å². The second kappa shape index (κ2) is 3.04. The highest BCUT2D eigenvalue weighted by Gasteiger charge is 2.20. The molecular weight excluding hydrogens is 126 g/mol. The molecule has 0 aromatic rings. The van der Waals surface area contributed by atoms with E-state index in [0.717, 1.165) is 25.9 Å². The summed E-state index contributed by atoms with van der Waals surface area (Å²) in [6, 6.07) is 0. The molecule has 0 atom stereocenters. The molecule has 0 bridgehead atoms. The minimum atomic E-state index is 0.321. The molecule has 1 aliphatic heterocycles. The quantitative estimate of drug-likeness (QED) is 0.564. The van der Waals surface area contributed by atoms with E-state index in [9.17, 15) is 4.79 Å². The molecule has 1 radical (unpaired) electrons. The monoisotopic (exact) mass is 140 g/mol. The number of nitrogens with zero attached hydrogens (tertiary/aromatic N) is 1. The number of carbonyl (C=O) groups excluding carboxylic acids is 1. The Morgan fingerprint density at radius 1 is 1.60 bits per heavy atom. The predicted molar refractivity (Wildman–Crippen MR) is 40.4 cm³/mol. The van der Waals surface area contributed by atoms with Gasteiger partial charge in [0, 0.05) is 19.5 Å². The van der Waals surface area contributed by atoms with E-state index in [1.54, 1.807) is 0 Å². The van der Waals surface area contributed by atoms with Crippen LogP contribution in [0.1, 0.15) is 26.7 Å². The van der Waals surface area contributed by atoms with Gasteiger partial charge < -0.3 is 4.90 Å². The van der Waals surface area contributed by atoms with Gasteiger partial charge in [0.25, 0.3) is 0 Å². The van der Waals surface area contributed by atoms with Crippen LogP contribution in [-0.2, 0) is 4.79 Å². The molecule has 0 saturated carbocycles. The molecular formula is C8H14NO. The third kappa shape index (κ3) is 1.72. The lowest BCUT2D eigenvalue weighted by atomic mass is 10.2. The fraction of sp³-hybridized carbons (Fsp3) is 0.750. The topological polar surface area (TPSA) is 20.3 Å². The third-order valence-electron chi connectivity index (χ3n) is 1.68. The fourth-order valence-corrected chi connectivity index (χ4v) is 1.25. The highest BCUT2D eigenvalue weighted by Crippen LogP contribution is 2.11. The lowest BCUT2D eigenvalue weighted by molar-refractivity contribution is -0.127. The maximum atomic E-state index is 11.0. The molecule has 0 aromatic heterocycles. The van der Waals surface area contributed by atoms with Crippen LogP contribution >= 0.6 is 0 Å². The van der Waals surface area contributed by atoms with Crippen LogP contribution in [0.2, 0.25) is 0 Å². The van der Waals surface area contributed by atoms with E-state index in [1.165, 1.54) is 5.92 Å². The summed E-state index contributed by atoms with van der Waals surface area (Å²) >= 11 is 0. The van der Waals surface area contributed by atoms with Crippen LogP contribution in [0.15, 0.2) is 0 Å². The van der Waals surface area contributed by atoms with Crippen molar-refractivity contribution in [2.45, 2.75) is 26.7 Å². The van der Waals surface area contributed by atoms with E-state index >= 15 is 0 Å². The second-order valence-corrected chi connectivity index (χ2v) is 3.13. The van der Waals surface area contributed by atoms with Crippen molar-refractivity contribution in [1.29, 1.82) is 0 Å². The van der Waals surface area contributed by atoms with Crippen LogP contribution in [0.3, 0.4) is 0 Å². The van der Waals surface area contributed by atoms with Gasteiger partial charge in [0.15, 0.2) is 0 Å². The Labute approximate surface area is 62.2 Å². The van der Waals surface area contributed by atoms with Crippen LogP contribution in [0.4, 0.5) is 0 Å². The summed E-state index contributed by atoms with van der Waals surface area (Å²) in [7, 11) is 0. The first-order valence-electron chi connectivity index (χ1n) is 3.77. The van der Waals surface area contributed by atoms with Crippen molar-refractivity contribution in [3.63, 3.8) is 0 Å². The number of amides is 1. The van der Waals surface area contributed by atoms with Crippen molar-refractivity contribution in [3.8, 4) is 0 Å². The summed E-state index contributed by atoms with van der Waals surface area (Å²) in [6.45, 7) is 5.94. The molecule has 0 aromatic carbocycles. The molecule has 0 spiro atoms. The highest BCUT2D eigenvalue weighted by atomic mass is 16.2. The van der Waals surface area contributed by atoms with Gasteiger partial charge in [-0.1, -0.05) is 13.8 Å². The molecule has 2 heteroatoms. The van der Waals surface area contributed by atoms with E-state index in [2.05, 4.69) is 13.8 Å². The van der Waals surface area contributed by atoms with Crippen molar-refractivity contribution in [1.82, 2.24) is 4.90 Å². The van der Waals surface area contributed by atoms with Gasteiger partial charge in [-0.05, 0) is 12.3 Å². The molecule has 1 aliphatic rings. The Hall–Kier alpha value is -0.530. The van der Waals surface area contributed by atoms with E-state index in [4.69, 9.17) is 0 Å². The highest BCUT2D eigenvalue weighted by molar-refractivity contribution is 5.78. The number of carbonyl (C=O) groups is 1. The molecule has 1 heterocycles. The summed E-state index contributed by atoms with van der Waals surface area (Å²) in [5.74, 6) is 1.64. The smallest absolute Gasteiger partial charge is 0.222 e. The van der Waals surface area contributed by atoms with Crippen LogP contribution in [-0.4, -0.2) is 23.9 Å². The minimum Gasteiger partial charge on any atom is -0.342 e. The minimum absolute atomic E-state index is 0.321. The number of rotatable bonds is 2. The first kappa shape index (κ1) is 7.58. The van der Waals surface area contributed by atoms with Crippen LogP contribution in [0, 0.1) is 5.92 Å². The summed E-state index contributed by atoms with van der Waals surface area (Å²) in [6.07, 6.45) is 1.80. The van der Waals surface area contributed by atoms with E-state index in [1.807, 2.05) is 4.90 Å². The number of likely N-dealkylation sites (tertiary alicyclic amines) is 1. The lowest BCUT2D eigenvalue weighted by Gasteiger charge is -2.16. The first-order valence-corrected chi connectivity index (χ1v) is 3.77. The maximum Gasteiger partial charge on any atom is 0.222 e. The van der Waals surface area contributed by atoms with Crippen LogP contribution in [0.5, 0.6) is 0 Å². The molecule has 10 heavy (non-hydrogen) atoms. The Kier molecular flexibility index (Phi) is 2.30. The summed E-state index contributed by atoms with van der Waals surface area (Å²) < 4.78 is 0. The standard InChI is InChI=1S/C8H14NO/c1-7(2)6-9-5-3-4-8(9)10/h3-6H2,1-2H3. The van der Waals surface area contributed by atoms with Crippen LogP contribution in [0.25, 0.3) is 0 Å². The van der Waals surface area contributed by atoms with Crippen molar-refractivity contribution < 1.29 is 4.79 Å². The molecule has 1 amide bonds. The zero-order valence-corrected chi connectivity index (χ0v) is 6.68. The van der Waals surface area contributed by atoms with Crippen LogP contribution < -0.4 is 0 Å². The zero-order chi connectivity index (χ0) is 7.56. The Bertz CT molecular complexity index is 131. The average Bonchev–Trinajstić information content (AvgIpc) is 2.15. The van der Waals surface area contributed by atoms with Gasteiger partial charge in [-0.25, -0.2) is 0 Å². The van der Waals surface area contributed by atoms with Crippen molar-refractivity contribution in [2.24, 2.45) is 0 Å². The van der Waals surface area contributed by atoms with Gasteiger partial charge in [0.2, 0.25) is 5.91 Å². The molecule has 0 aliphatic carbocycles. The molecule has 57 valence electrons. The summed E-state index contributed by atoms with van der Waals surface area (Å²) in [4.78, 5) is 12.9. The molecule has 0 unspecified atom stereocenters. The number of hydrogen-bond donors (Lipinski definition) is 0. The van der Waals surface area contributed by atoms with Gasteiger partial charge in [-0.2, -0.15) is 0 Å². The van der Waals surface area contributed by atoms with E-state index in [0.29, 0.717) is 5.91 Å². The van der Waals surface area contributed by atoms with Gasteiger partial charge in [-0.15, -0.1) is 0 Å². The van der Waals surface area contributed by atoms with Crippen molar-refractivity contribution in [3.05, 3.63) is 5.92 Å². The Morgan fingerprint density at radius 2 is 2.30 bits per heavy atom. The summed E-state index contributed by atoms with van der Waals surface area (Å²) in [5, 5.41) is 0. The summed E-state index contributed by atoms with van der Waals surface area (Å²) in [5.41, 5.74) is 0. The second-order valence-electron chi connectivity index (χ2n) is 3.13. The van der Waals surface area contributed by atoms with Gasteiger partial charge >= 0.3 is 0 Å². The van der Waals surface area contributed by atoms with E-state index in [-0.39, 0.29) is 0 Å². The number of hydrogen-bond acceptors (Lipinski definition) is 1. The first-order chi connectivity index (χ1) is 4.70. The Morgan fingerprint density at radius 3 is 2.70 bits per heavy atom.